The molecule has 0 fully saturated rings. The first-order valence-corrected chi connectivity index (χ1v) is 16.6. The fourth-order valence-electron chi connectivity index (χ4n) is 3.53. The van der Waals surface area contributed by atoms with E-state index in [0.29, 0.717) is 12.1 Å². The lowest BCUT2D eigenvalue weighted by Crippen LogP contribution is -2.01. The predicted molar refractivity (Wildman–Crippen MR) is 139 cm³/mol. The summed E-state index contributed by atoms with van der Waals surface area (Å²) in [7, 11) is -20.4. The maximum atomic E-state index is 11.8. The maximum Gasteiger partial charge on any atom is 0.161 e. The van der Waals surface area contributed by atoms with Crippen LogP contribution < -0.4 is 0 Å². The Morgan fingerprint density at radius 1 is 0.512 bits per heavy atom. The highest BCUT2D eigenvalue weighted by molar-refractivity contribution is 7.86. The molecule has 0 heterocycles. The summed E-state index contributed by atoms with van der Waals surface area (Å²) >= 11 is 0. The Morgan fingerprint density at radius 2 is 1.05 bits per heavy atom. The summed E-state index contributed by atoms with van der Waals surface area (Å²) in [5.41, 5.74) is -1.54. The van der Waals surface area contributed by atoms with Gasteiger partial charge >= 0.3 is 0 Å². The van der Waals surface area contributed by atoms with Crippen LogP contribution in [0.25, 0.3) is 10.8 Å². The van der Waals surface area contributed by atoms with Crippen LogP contribution >= 0.6 is 0 Å². The van der Waals surface area contributed by atoms with E-state index in [2.05, 4.69) is 20.5 Å². The van der Waals surface area contributed by atoms with E-state index in [1.54, 1.807) is 0 Å². The van der Waals surface area contributed by atoms with Gasteiger partial charge in [-0.1, -0.05) is 6.07 Å². The number of hydrogen-bond donors (Lipinski definition) is 1. The molecular formula is C22H12N4O13S4-4. The number of fused-ring (bicyclic) bond motifs is 1. The molecule has 0 aromatic heterocycles. The number of benzene rings is 4. The summed E-state index contributed by atoms with van der Waals surface area (Å²) in [5, 5.41) is 24.7. The molecule has 0 spiro atoms. The minimum atomic E-state index is -5.41. The Labute approximate surface area is 242 Å². The molecule has 0 aliphatic heterocycles. The van der Waals surface area contributed by atoms with Gasteiger partial charge in [0.25, 0.3) is 0 Å². The molecule has 4 aromatic carbocycles. The summed E-state index contributed by atoms with van der Waals surface area (Å²) in [4.78, 5) is -3.57. The van der Waals surface area contributed by atoms with Gasteiger partial charge in [0.1, 0.15) is 51.8 Å². The molecule has 0 atom stereocenters. The van der Waals surface area contributed by atoms with E-state index in [0.717, 1.165) is 54.6 Å². The Hall–Kier alpha value is -4.22. The third kappa shape index (κ3) is 7.23. The molecule has 1 N–H and O–H groups in total. The molecule has 4 rings (SSSR count). The van der Waals surface area contributed by atoms with E-state index >= 15 is 0 Å². The quantitative estimate of drug-likeness (QED) is 0.209. The monoisotopic (exact) mass is 668 g/mol. The van der Waals surface area contributed by atoms with Crippen molar-refractivity contribution in [1.29, 1.82) is 0 Å². The maximum absolute atomic E-state index is 11.8. The van der Waals surface area contributed by atoms with Gasteiger partial charge in [-0.2, -0.15) is 10.2 Å². The van der Waals surface area contributed by atoms with Gasteiger partial charge in [-0.25, -0.2) is 33.7 Å². The molecule has 0 aliphatic rings. The number of hydrogen-bond acceptors (Lipinski definition) is 17. The van der Waals surface area contributed by atoms with Crippen molar-refractivity contribution in [2.24, 2.45) is 20.5 Å². The fraction of sp³-hybridized carbons (Fsp3) is 0. The third-order valence-corrected chi connectivity index (χ3v) is 8.87. The van der Waals surface area contributed by atoms with Crippen LogP contribution in [-0.2, 0) is 40.5 Å². The van der Waals surface area contributed by atoms with E-state index in [9.17, 15) is 57.0 Å². The van der Waals surface area contributed by atoms with Crippen molar-refractivity contribution in [3.8, 4) is 5.75 Å². The first-order chi connectivity index (χ1) is 19.7. The van der Waals surface area contributed by atoms with Crippen LogP contribution in [0.4, 0.5) is 22.7 Å². The SMILES string of the molecule is O=S(=O)([O-])c1ccc(N=Nc2ccc(S(=O)(=O)[O-])c(N=Nc3c(O)c(S(=O)(=O)[O-])cc4cc(S(=O)(=O)[O-])ccc34)c2)cc1. The van der Waals surface area contributed by atoms with Crippen molar-refractivity contribution >= 4 is 74.0 Å². The second-order valence-electron chi connectivity index (χ2n) is 8.32. The normalized spacial score (nSPS) is 13.3. The lowest BCUT2D eigenvalue weighted by atomic mass is 10.1. The highest BCUT2D eigenvalue weighted by atomic mass is 32.2. The highest BCUT2D eigenvalue weighted by Crippen LogP contribution is 2.42. The van der Waals surface area contributed by atoms with Crippen molar-refractivity contribution in [1.82, 2.24) is 0 Å². The van der Waals surface area contributed by atoms with Gasteiger partial charge in [0.05, 0.1) is 31.0 Å². The lowest BCUT2D eigenvalue weighted by molar-refractivity contribution is 0.436. The van der Waals surface area contributed by atoms with Crippen molar-refractivity contribution in [2.45, 2.75) is 19.6 Å². The van der Waals surface area contributed by atoms with Gasteiger partial charge in [0.15, 0.2) is 5.75 Å². The molecule has 4 aromatic rings. The Kier molecular flexibility index (Phi) is 8.20. The van der Waals surface area contributed by atoms with Crippen molar-refractivity contribution in [2.75, 3.05) is 0 Å². The summed E-state index contributed by atoms with van der Waals surface area (Å²) in [5.74, 6) is -1.25. The largest absolute Gasteiger partial charge is 0.744 e. The standard InChI is InChI=1S/C22H16N4O13S4/c27-22-20(43(37,38)39)10-12-9-16(41(31,32)33)6-7-17(12)21(22)26-25-18-11-14(3-8-19(18)42(34,35)36)24-23-13-1-4-15(5-2-13)40(28,29)30/h1-11,27H,(H,28,29,30)(H,31,32,33)(H,34,35,36)(H,37,38,39)/p-4. The molecular weight excluding hydrogens is 657 g/mol. The minimum absolute atomic E-state index is 0.0580. The van der Waals surface area contributed by atoms with Crippen LogP contribution in [0.15, 0.2) is 107 Å². The third-order valence-electron chi connectivity index (χ3n) is 5.46. The Morgan fingerprint density at radius 3 is 1.60 bits per heavy atom. The molecule has 0 bridgehead atoms. The average Bonchev–Trinajstić information content (AvgIpc) is 2.89. The summed E-state index contributed by atoms with van der Waals surface area (Å²) in [6.07, 6.45) is 0. The number of phenols is 1. The van der Waals surface area contributed by atoms with Gasteiger partial charge in [-0.05, 0) is 66.0 Å². The number of nitrogens with zero attached hydrogens (tertiary/aromatic N) is 4. The second-order valence-corrected chi connectivity index (χ2v) is 13.8. The highest BCUT2D eigenvalue weighted by Gasteiger charge is 2.19. The predicted octanol–water partition coefficient (Wildman–Crippen LogP) is 2.99. The Bertz CT molecular complexity index is 2290. The number of rotatable bonds is 8. The lowest BCUT2D eigenvalue weighted by Gasteiger charge is -2.15. The molecule has 0 saturated heterocycles. The topological polar surface area (TPSA) is 298 Å². The van der Waals surface area contributed by atoms with Crippen LogP contribution in [0.2, 0.25) is 0 Å². The molecule has 0 unspecified atom stereocenters. The van der Waals surface area contributed by atoms with Gasteiger partial charge in [-0.15, -0.1) is 10.2 Å². The van der Waals surface area contributed by atoms with Gasteiger partial charge in [-0.3, -0.25) is 0 Å². The van der Waals surface area contributed by atoms with Gasteiger partial charge in [0, 0.05) is 5.39 Å². The van der Waals surface area contributed by atoms with Crippen LogP contribution in [0.5, 0.6) is 5.75 Å². The Balaban J connectivity index is 1.86. The van der Waals surface area contributed by atoms with E-state index in [4.69, 9.17) is 0 Å². The second kappa shape index (κ2) is 11.1. The average molecular weight is 669 g/mol. The number of phenolic OH excluding ortho intramolecular Hbond substituents is 1. The zero-order valence-corrected chi connectivity index (χ0v) is 23.9. The van der Waals surface area contributed by atoms with Gasteiger partial charge in [0.2, 0.25) is 0 Å². The molecule has 43 heavy (non-hydrogen) atoms. The summed E-state index contributed by atoms with van der Waals surface area (Å²) in [6, 6.07) is 9.94. The van der Waals surface area contributed by atoms with Crippen LogP contribution in [-0.4, -0.2) is 57.0 Å². The number of aromatic hydroxyl groups is 1. The molecule has 21 heteroatoms. The summed E-state index contributed by atoms with van der Waals surface area (Å²) in [6.45, 7) is 0. The smallest absolute Gasteiger partial charge is 0.161 e. The molecule has 0 saturated carbocycles. The van der Waals surface area contributed by atoms with Gasteiger partial charge < -0.3 is 23.3 Å². The number of azo groups is 2. The molecule has 0 radical (unpaired) electrons. The van der Waals surface area contributed by atoms with E-state index in [-0.39, 0.29) is 22.1 Å². The zero-order valence-electron chi connectivity index (χ0n) is 20.6. The van der Waals surface area contributed by atoms with Crippen molar-refractivity contribution < 1.29 is 57.0 Å². The van der Waals surface area contributed by atoms with Crippen LogP contribution in [0, 0.1) is 0 Å². The van der Waals surface area contributed by atoms with Crippen molar-refractivity contribution in [3.05, 3.63) is 66.7 Å². The minimum Gasteiger partial charge on any atom is -0.744 e. The molecule has 0 amide bonds. The fourth-order valence-corrected chi connectivity index (χ4v) is 5.70. The van der Waals surface area contributed by atoms with Crippen molar-refractivity contribution in [3.63, 3.8) is 0 Å². The molecule has 226 valence electrons. The van der Waals surface area contributed by atoms with E-state index in [1.807, 2.05) is 0 Å². The molecule has 17 nitrogen and oxygen atoms in total. The first-order valence-electron chi connectivity index (χ1n) is 11.0. The summed E-state index contributed by atoms with van der Waals surface area (Å²) < 4.78 is 138. The zero-order chi connectivity index (χ0) is 32.0. The van der Waals surface area contributed by atoms with E-state index < -0.39 is 77.2 Å². The first kappa shape index (κ1) is 31.7. The van der Waals surface area contributed by atoms with Crippen LogP contribution in [0.1, 0.15) is 0 Å². The van der Waals surface area contributed by atoms with E-state index in [1.165, 1.54) is 0 Å². The van der Waals surface area contributed by atoms with Crippen LogP contribution in [0.3, 0.4) is 0 Å². The molecule has 0 aliphatic carbocycles.